The molecule has 2 heteroatoms. The normalized spacial score (nSPS) is 9.82. The molecule has 0 aromatic carbocycles. The van der Waals surface area contributed by atoms with Crippen LogP contribution < -0.4 is 5.32 Å². The van der Waals surface area contributed by atoms with Crippen LogP contribution in [0.2, 0.25) is 0 Å². The first-order chi connectivity index (χ1) is 5.18. The summed E-state index contributed by atoms with van der Waals surface area (Å²) in [6.45, 7) is 10.6. The van der Waals surface area contributed by atoms with Gasteiger partial charge in [0.25, 0.3) is 0 Å². The number of nitrogens with zero attached hydrogens (tertiary/aromatic N) is 1. The van der Waals surface area contributed by atoms with Gasteiger partial charge in [-0.2, -0.15) is 0 Å². The first kappa shape index (κ1) is 13.5. The molecule has 70 valence electrons. The summed E-state index contributed by atoms with van der Waals surface area (Å²) in [5, 5.41) is 3.11. The minimum absolute atomic E-state index is 0.665. The molecule has 0 bridgehead atoms. The molecular weight excluding hydrogens is 136 g/mol. The summed E-state index contributed by atoms with van der Waals surface area (Å²) in [6.07, 6.45) is 0. The van der Waals surface area contributed by atoms with Crippen LogP contribution in [-0.4, -0.2) is 38.1 Å². The highest BCUT2D eigenvalue weighted by molar-refractivity contribution is 4.56. The van der Waals surface area contributed by atoms with E-state index in [4.69, 9.17) is 0 Å². The van der Waals surface area contributed by atoms with Crippen LogP contribution in [0.15, 0.2) is 0 Å². The third kappa shape index (κ3) is 9.92. The van der Waals surface area contributed by atoms with Gasteiger partial charge in [-0.3, -0.25) is 0 Å². The van der Waals surface area contributed by atoms with E-state index in [9.17, 15) is 0 Å². The van der Waals surface area contributed by atoms with Crippen LogP contribution in [0.4, 0.5) is 0 Å². The summed E-state index contributed by atoms with van der Waals surface area (Å²) in [4.78, 5) is 2.32. The predicted molar refractivity (Wildman–Crippen MR) is 53.0 cm³/mol. The van der Waals surface area contributed by atoms with Crippen molar-refractivity contribution in [1.82, 2.24) is 10.2 Å². The van der Waals surface area contributed by atoms with Gasteiger partial charge in [-0.05, 0) is 27.9 Å². The van der Waals surface area contributed by atoms with Gasteiger partial charge in [0, 0.05) is 19.1 Å². The Morgan fingerprint density at radius 2 is 1.73 bits per heavy atom. The lowest BCUT2D eigenvalue weighted by atomic mass is 10.3. The van der Waals surface area contributed by atoms with Gasteiger partial charge in [-0.25, -0.2) is 0 Å². The summed E-state index contributed by atoms with van der Waals surface area (Å²) in [5.41, 5.74) is 0. The Morgan fingerprint density at radius 1 is 1.27 bits per heavy atom. The molecule has 0 aromatic heterocycles. The quantitative estimate of drug-likeness (QED) is 0.671. The monoisotopic (exact) mass is 160 g/mol. The van der Waals surface area contributed by atoms with Gasteiger partial charge in [0.2, 0.25) is 0 Å². The molecule has 0 aliphatic rings. The predicted octanol–water partition coefficient (Wildman–Crippen LogP) is 1.57. The van der Waals surface area contributed by atoms with E-state index >= 15 is 0 Å². The summed E-state index contributed by atoms with van der Waals surface area (Å²) < 4.78 is 0. The molecule has 0 aromatic rings. The molecule has 1 N–H and O–H groups in total. The third-order valence-corrected chi connectivity index (χ3v) is 1.60. The highest BCUT2D eigenvalue weighted by Gasteiger charge is 1.99. The van der Waals surface area contributed by atoms with E-state index in [1.54, 1.807) is 0 Å². The second kappa shape index (κ2) is 9.92. The van der Waals surface area contributed by atoms with Crippen LogP contribution in [0.5, 0.6) is 0 Å². The Morgan fingerprint density at radius 3 is 2.00 bits per heavy atom. The van der Waals surface area contributed by atoms with E-state index in [0.29, 0.717) is 6.04 Å². The average molecular weight is 160 g/mol. The maximum absolute atomic E-state index is 3.11. The largest absolute Gasteiger partial charge is 0.318 e. The average Bonchev–Trinajstić information content (AvgIpc) is 2.03. The Bertz CT molecular complexity index is 62.6. The number of hydrogen-bond donors (Lipinski definition) is 1. The Labute approximate surface area is 72.0 Å². The standard InChI is InChI=1S/C7H18N2.C2H6/c1-7(2)9(4)6-5-8-3;1-2/h7-8H,5-6H2,1-4H3;1-2H3. The Balaban J connectivity index is 0. The van der Waals surface area contributed by atoms with Crippen LogP contribution in [0, 0.1) is 0 Å². The summed E-state index contributed by atoms with van der Waals surface area (Å²) in [5.74, 6) is 0. The molecule has 0 atom stereocenters. The number of hydrogen-bond acceptors (Lipinski definition) is 2. The second-order valence-electron chi connectivity index (χ2n) is 2.68. The molecule has 0 saturated heterocycles. The van der Waals surface area contributed by atoms with Crippen molar-refractivity contribution in [1.29, 1.82) is 0 Å². The fraction of sp³-hybridized carbons (Fsp3) is 1.00. The highest BCUT2D eigenvalue weighted by Crippen LogP contribution is 1.89. The minimum Gasteiger partial charge on any atom is -0.318 e. The number of rotatable bonds is 4. The SMILES string of the molecule is CC.CNCCN(C)C(C)C. The van der Waals surface area contributed by atoms with Crippen LogP contribution in [0.25, 0.3) is 0 Å². The zero-order valence-corrected chi connectivity index (χ0v) is 8.94. The molecule has 11 heavy (non-hydrogen) atoms. The van der Waals surface area contributed by atoms with Crippen LogP contribution >= 0.6 is 0 Å². The first-order valence-corrected chi connectivity index (χ1v) is 4.53. The van der Waals surface area contributed by atoms with Gasteiger partial charge in [0.15, 0.2) is 0 Å². The zero-order valence-electron chi connectivity index (χ0n) is 8.94. The Kier molecular flexibility index (Phi) is 12.2. The van der Waals surface area contributed by atoms with Crippen molar-refractivity contribution < 1.29 is 0 Å². The molecule has 0 spiro atoms. The zero-order chi connectivity index (χ0) is 9.28. The van der Waals surface area contributed by atoms with Crippen molar-refractivity contribution >= 4 is 0 Å². The second-order valence-corrected chi connectivity index (χ2v) is 2.68. The Hall–Kier alpha value is -0.0800. The lowest BCUT2D eigenvalue weighted by Gasteiger charge is -2.20. The highest BCUT2D eigenvalue weighted by atomic mass is 15.1. The van der Waals surface area contributed by atoms with E-state index in [2.05, 4.69) is 31.1 Å². The maximum atomic E-state index is 3.11. The minimum atomic E-state index is 0.665. The smallest absolute Gasteiger partial charge is 0.0106 e. The van der Waals surface area contributed by atoms with Crippen molar-refractivity contribution in [2.24, 2.45) is 0 Å². The number of nitrogens with one attached hydrogen (secondary N) is 1. The van der Waals surface area contributed by atoms with Gasteiger partial charge in [0.05, 0.1) is 0 Å². The van der Waals surface area contributed by atoms with E-state index in [-0.39, 0.29) is 0 Å². The summed E-state index contributed by atoms with van der Waals surface area (Å²) >= 11 is 0. The van der Waals surface area contributed by atoms with Crippen molar-refractivity contribution in [3.05, 3.63) is 0 Å². The van der Waals surface area contributed by atoms with Crippen molar-refractivity contribution in [3.8, 4) is 0 Å². The van der Waals surface area contributed by atoms with E-state index < -0.39 is 0 Å². The molecule has 0 amide bonds. The van der Waals surface area contributed by atoms with Crippen molar-refractivity contribution in [3.63, 3.8) is 0 Å². The molecule has 0 radical (unpaired) electrons. The summed E-state index contributed by atoms with van der Waals surface area (Å²) in [7, 11) is 4.12. The van der Waals surface area contributed by atoms with Gasteiger partial charge in [-0.1, -0.05) is 13.8 Å². The molecule has 0 unspecified atom stereocenters. The summed E-state index contributed by atoms with van der Waals surface area (Å²) in [6, 6.07) is 0.665. The fourth-order valence-electron chi connectivity index (χ4n) is 0.546. The van der Waals surface area contributed by atoms with Gasteiger partial charge in [-0.15, -0.1) is 0 Å². The molecule has 0 saturated carbocycles. The van der Waals surface area contributed by atoms with Crippen LogP contribution in [0.3, 0.4) is 0 Å². The topological polar surface area (TPSA) is 15.3 Å². The lowest BCUT2D eigenvalue weighted by molar-refractivity contribution is 0.276. The third-order valence-electron chi connectivity index (χ3n) is 1.60. The molecule has 0 rings (SSSR count). The fourth-order valence-corrected chi connectivity index (χ4v) is 0.546. The number of likely N-dealkylation sites (N-methyl/N-ethyl adjacent to an activating group) is 2. The van der Waals surface area contributed by atoms with Gasteiger partial charge >= 0.3 is 0 Å². The van der Waals surface area contributed by atoms with Crippen LogP contribution in [0.1, 0.15) is 27.7 Å². The van der Waals surface area contributed by atoms with E-state index in [0.717, 1.165) is 13.1 Å². The van der Waals surface area contributed by atoms with Gasteiger partial charge in [0.1, 0.15) is 0 Å². The van der Waals surface area contributed by atoms with Gasteiger partial charge < -0.3 is 10.2 Å². The molecule has 0 fully saturated rings. The molecule has 2 nitrogen and oxygen atoms in total. The lowest BCUT2D eigenvalue weighted by Crippen LogP contribution is -2.32. The van der Waals surface area contributed by atoms with Crippen molar-refractivity contribution in [2.75, 3.05) is 27.2 Å². The van der Waals surface area contributed by atoms with Crippen LogP contribution in [-0.2, 0) is 0 Å². The molecule has 0 aliphatic heterocycles. The molecule has 0 aliphatic carbocycles. The molecule has 0 heterocycles. The first-order valence-electron chi connectivity index (χ1n) is 4.53. The van der Waals surface area contributed by atoms with Crippen molar-refractivity contribution in [2.45, 2.75) is 33.7 Å². The maximum Gasteiger partial charge on any atom is 0.0106 e. The van der Waals surface area contributed by atoms with E-state index in [1.165, 1.54) is 0 Å². The van der Waals surface area contributed by atoms with E-state index in [1.807, 2.05) is 20.9 Å². The molecular formula is C9H24N2.